The Labute approximate surface area is 97.7 Å². The summed E-state index contributed by atoms with van der Waals surface area (Å²) >= 11 is 1.46. The van der Waals surface area contributed by atoms with Crippen molar-refractivity contribution in [1.82, 2.24) is 9.88 Å². The first kappa shape index (κ1) is 11.5. The van der Waals surface area contributed by atoms with E-state index in [9.17, 15) is 4.79 Å². The molecule has 1 fully saturated rings. The van der Waals surface area contributed by atoms with Gasteiger partial charge in [0.1, 0.15) is 5.69 Å². The Hall–Kier alpha value is -0.980. The van der Waals surface area contributed by atoms with Gasteiger partial charge in [0.2, 0.25) is 0 Å². The van der Waals surface area contributed by atoms with E-state index in [2.05, 4.69) is 4.98 Å². The first-order chi connectivity index (χ1) is 7.70. The minimum Gasteiger partial charge on any atom is -0.394 e. The van der Waals surface area contributed by atoms with Crippen molar-refractivity contribution in [2.75, 3.05) is 26.3 Å². The minimum atomic E-state index is -0.266. The zero-order valence-electron chi connectivity index (χ0n) is 9.05. The number of morpholine rings is 1. The van der Waals surface area contributed by atoms with E-state index >= 15 is 0 Å². The number of amides is 1. The Morgan fingerprint density at radius 3 is 3.25 bits per heavy atom. The highest BCUT2D eigenvalue weighted by Crippen LogP contribution is 2.13. The number of aliphatic hydroxyl groups is 1. The lowest BCUT2D eigenvalue weighted by Gasteiger charge is -2.31. The standard InChI is InChI=1S/C10H14N2O3S/c1-7-11-9(6-16-7)10(14)12-2-3-15-8(4-12)5-13/h6,8,13H,2-5H2,1H3. The summed E-state index contributed by atoms with van der Waals surface area (Å²) < 4.78 is 5.29. The van der Waals surface area contributed by atoms with Crippen molar-refractivity contribution in [2.45, 2.75) is 13.0 Å². The van der Waals surface area contributed by atoms with Crippen molar-refractivity contribution in [3.05, 3.63) is 16.1 Å². The molecule has 2 rings (SSSR count). The van der Waals surface area contributed by atoms with Crippen LogP contribution in [0.15, 0.2) is 5.38 Å². The molecule has 5 nitrogen and oxygen atoms in total. The zero-order valence-corrected chi connectivity index (χ0v) is 9.87. The Morgan fingerprint density at radius 2 is 2.62 bits per heavy atom. The molecule has 1 amide bonds. The third kappa shape index (κ3) is 2.40. The maximum Gasteiger partial charge on any atom is 0.273 e. The van der Waals surface area contributed by atoms with Crippen LogP contribution in [0, 0.1) is 6.92 Å². The molecule has 2 heterocycles. The molecule has 16 heavy (non-hydrogen) atoms. The van der Waals surface area contributed by atoms with E-state index < -0.39 is 0 Å². The van der Waals surface area contributed by atoms with Gasteiger partial charge in [0, 0.05) is 18.5 Å². The number of rotatable bonds is 2. The number of thiazole rings is 1. The molecule has 1 N–H and O–H groups in total. The number of aryl methyl sites for hydroxylation is 1. The summed E-state index contributed by atoms with van der Waals surface area (Å²) in [6.07, 6.45) is -0.266. The molecule has 0 bridgehead atoms. The van der Waals surface area contributed by atoms with Crippen LogP contribution < -0.4 is 0 Å². The quantitative estimate of drug-likeness (QED) is 0.809. The van der Waals surface area contributed by atoms with Crippen molar-refractivity contribution in [2.24, 2.45) is 0 Å². The average molecular weight is 242 g/mol. The lowest BCUT2D eigenvalue weighted by Crippen LogP contribution is -2.47. The van der Waals surface area contributed by atoms with E-state index in [1.165, 1.54) is 11.3 Å². The summed E-state index contributed by atoms with van der Waals surface area (Å²) in [5.74, 6) is -0.0777. The van der Waals surface area contributed by atoms with E-state index in [1.807, 2.05) is 6.92 Å². The third-order valence-electron chi connectivity index (χ3n) is 2.47. The summed E-state index contributed by atoms with van der Waals surface area (Å²) in [6, 6.07) is 0. The van der Waals surface area contributed by atoms with Crippen LogP contribution >= 0.6 is 11.3 Å². The highest BCUT2D eigenvalue weighted by molar-refractivity contribution is 7.09. The maximum absolute atomic E-state index is 12.0. The highest BCUT2D eigenvalue weighted by Gasteiger charge is 2.25. The first-order valence-corrected chi connectivity index (χ1v) is 6.02. The number of aliphatic hydroxyl groups excluding tert-OH is 1. The van der Waals surface area contributed by atoms with Crippen LogP contribution in [0.4, 0.5) is 0 Å². The van der Waals surface area contributed by atoms with Crippen molar-refractivity contribution in [3.63, 3.8) is 0 Å². The number of hydrogen-bond acceptors (Lipinski definition) is 5. The van der Waals surface area contributed by atoms with E-state index in [-0.39, 0.29) is 18.6 Å². The van der Waals surface area contributed by atoms with Gasteiger partial charge < -0.3 is 14.7 Å². The molecule has 1 aliphatic heterocycles. The van der Waals surface area contributed by atoms with E-state index in [0.29, 0.717) is 25.4 Å². The molecule has 6 heteroatoms. The van der Waals surface area contributed by atoms with Crippen molar-refractivity contribution < 1.29 is 14.6 Å². The number of aromatic nitrogens is 1. The van der Waals surface area contributed by atoms with Gasteiger partial charge in [0.25, 0.3) is 5.91 Å². The lowest BCUT2D eigenvalue weighted by molar-refractivity contribution is -0.0448. The number of carbonyl (C=O) groups is 1. The molecular weight excluding hydrogens is 228 g/mol. The predicted octanol–water partition coefficient (Wildman–Crippen LogP) is 0.285. The molecule has 1 unspecified atom stereocenters. The van der Waals surface area contributed by atoms with Gasteiger partial charge in [-0.3, -0.25) is 4.79 Å². The number of nitrogens with zero attached hydrogens (tertiary/aromatic N) is 2. The predicted molar refractivity (Wildman–Crippen MR) is 59.6 cm³/mol. The number of carbonyl (C=O) groups excluding carboxylic acids is 1. The smallest absolute Gasteiger partial charge is 0.273 e. The minimum absolute atomic E-state index is 0.0557. The molecular formula is C10H14N2O3S. The Balaban J connectivity index is 2.04. The van der Waals surface area contributed by atoms with E-state index in [4.69, 9.17) is 9.84 Å². The van der Waals surface area contributed by atoms with Gasteiger partial charge in [-0.05, 0) is 6.92 Å². The monoisotopic (exact) mass is 242 g/mol. The second-order valence-electron chi connectivity index (χ2n) is 3.68. The van der Waals surface area contributed by atoms with Crippen molar-refractivity contribution in [1.29, 1.82) is 0 Å². The molecule has 1 aliphatic rings. The molecule has 0 aromatic carbocycles. The maximum atomic E-state index is 12.0. The van der Waals surface area contributed by atoms with Gasteiger partial charge in [-0.25, -0.2) is 4.98 Å². The molecule has 1 atom stereocenters. The van der Waals surface area contributed by atoms with Gasteiger partial charge >= 0.3 is 0 Å². The van der Waals surface area contributed by atoms with Crippen molar-refractivity contribution in [3.8, 4) is 0 Å². The summed E-state index contributed by atoms with van der Waals surface area (Å²) in [5.41, 5.74) is 0.487. The van der Waals surface area contributed by atoms with Crippen LogP contribution in [0.3, 0.4) is 0 Å². The molecule has 1 saturated heterocycles. The van der Waals surface area contributed by atoms with Crippen LogP contribution in [0.2, 0.25) is 0 Å². The number of ether oxygens (including phenoxy) is 1. The van der Waals surface area contributed by atoms with E-state index in [1.54, 1.807) is 10.3 Å². The SMILES string of the molecule is Cc1nc(C(=O)N2CCOC(CO)C2)cs1. The van der Waals surface area contributed by atoms with Crippen LogP contribution in [0.25, 0.3) is 0 Å². The highest BCUT2D eigenvalue weighted by atomic mass is 32.1. The Kier molecular flexibility index (Phi) is 3.52. The molecule has 0 aliphatic carbocycles. The fourth-order valence-corrected chi connectivity index (χ4v) is 2.22. The molecule has 0 radical (unpaired) electrons. The fraction of sp³-hybridized carbons (Fsp3) is 0.600. The van der Waals surface area contributed by atoms with Gasteiger partial charge in [-0.1, -0.05) is 0 Å². The van der Waals surface area contributed by atoms with Gasteiger partial charge in [-0.2, -0.15) is 0 Å². The topological polar surface area (TPSA) is 62.7 Å². The fourth-order valence-electron chi connectivity index (χ4n) is 1.64. The molecule has 88 valence electrons. The number of hydrogen-bond donors (Lipinski definition) is 1. The van der Waals surface area contributed by atoms with Gasteiger partial charge in [-0.15, -0.1) is 11.3 Å². The normalized spacial score (nSPS) is 21.1. The zero-order chi connectivity index (χ0) is 11.5. The summed E-state index contributed by atoms with van der Waals surface area (Å²) in [6.45, 7) is 3.29. The first-order valence-electron chi connectivity index (χ1n) is 5.14. The lowest BCUT2D eigenvalue weighted by atomic mass is 10.2. The van der Waals surface area contributed by atoms with E-state index in [0.717, 1.165) is 5.01 Å². The van der Waals surface area contributed by atoms with Crippen LogP contribution in [0.5, 0.6) is 0 Å². The second-order valence-corrected chi connectivity index (χ2v) is 4.74. The summed E-state index contributed by atoms with van der Waals surface area (Å²) in [5, 5.41) is 11.6. The summed E-state index contributed by atoms with van der Waals surface area (Å²) in [7, 11) is 0. The molecule has 0 spiro atoms. The Bertz CT molecular complexity index is 380. The Morgan fingerprint density at radius 1 is 1.81 bits per heavy atom. The van der Waals surface area contributed by atoms with Crippen LogP contribution in [0.1, 0.15) is 15.5 Å². The third-order valence-corrected chi connectivity index (χ3v) is 3.24. The molecule has 1 aromatic heterocycles. The largest absolute Gasteiger partial charge is 0.394 e. The van der Waals surface area contributed by atoms with Gasteiger partial charge in [0.15, 0.2) is 0 Å². The average Bonchev–Trinajstić information content (AvgIpc) is 2.75. The van der Waals surface area contributed by atoms with Crippen LogP contribution in [-0.4, -0.2) is 53.3 Å². The van der Waals surface area contributed by atoms with Crippen LogP contribution in [-0.2, 0) is 4.74 Å². The molecule has 1 aromatic rings. The van der Waals surface area contributed by atoms with Crippen molar-refractivity contribution >= 4 is 17.2 Å². The van der Waals surface area contributed by atoms with Gasteiger partial charge in [0.05, 0.1) is 24.3 Å². The molecule has 0 saturated carbocycles. The summed E-state index contributed by atoms with van der Waals surface area (Å²) in [4.78, 5) is 17.8. The second kappa shape index (κ2) is 4.90.